The Bertz CT molecular complexity index is 1490. The van der Waals surface area contributed by atoms with Crippen molar-refractivity contribution < 1.29 is 24.2 Å². The zero-order chi connectivity index (χ0) is 28.9. The number of aliphatic hydroxyl groups excluding tert-OH is 1. The minimum absolute atomic E-state index is 0.0656. The number of rotatable bonds is 8. The standard InChI is InChI=1S/C33H37N3O5/c1-4-16-34-29(38)26-27-31(40)36(25(19-37)22-11-6-5-7-12-22)28(33(27)18-20(2)32(26,3)41-33)30(39)35-24-15-14-21-10-8-9-13-23(21)17-24/h5-15,17,20,25-28,37H,4,16,18-19H2,1-3H3,(H,34,38)(H,35,39)/t20?,25-,26+,27+,28?,32-,33?/m1/s1. The van der Waals surface area contributed by atoms with Gasteiger partial charge in [-0.05, 0) is 54.2 Å². The number of hydrogen-bond acceptors (Lipinski definition) is 5. The van der Waals surface area contributed by atoms with Gasteiger partial charge in [-0.25, -0.2) is 0 Å². The number of amides is 3. The van der Waals surface area contributed by atoms with Crippen molar-refractivity contribution in [1.29, 1.82) is 0 Å². The number of carbonyl (C=O) groups excluding carboxylic acids is 3. The maximum Gasteiger partial charge on any atom is 0.250 e. The maximum atomic E-state index is 14.5. The van der Waals surface area contributed by atoms with E-state index in [0.717, 1.165) is 17.2 Å². The third-order valence-corrected chi connectivity index (χ3v) is 9.54. The van der Waals surface area contributed by atoms with Crippen molar-refractivity contribution in [2.45, 2.75) is 56.9 Å². The second-order valence-corrected chi connectivity index (χ2v) is 11.9. The molecule has 3 aliphatic heterocycles. The first-order valence-corrected chi connectivity index (χ1v) is 14.5. The van der Waals surface area contributed by atoms with E-state index in [-0.39, 0.29) is 24.3 Å². The fourth-order valence-corrected chi connectivity index (χ4v) is 7.58. The van der Waals surface area contributed by atoms with E-state index in [0.29, 0.717) is 24.2 Å². The molecule has 6 rings (SSSR count). The number of likely N-dealkylation sites (tertiary alicyclic amines) is 1. The molecule has 0 aromatic heterocycles. The van der Waals surface area contributed by atoms with Gasteiger partial charge in [0.25, 0.3) is 0 Å². The van der Waals surface area contributed by atoms with Crippen LogP contribution in [0.5, 0.6) is 0 Å². The summed E-state index contributed by atoms with van der Waals surface area (Å²) in [7, 11) is 0. The number of ether oxygens (including phenoxy) is 1. The molecular weight excluding hydrogens is 518 g/mol. The highest BCUT2D eigenvalue weighted by molar-refractivity contribution is 6.04. The van der Waals surface area contributed by atoms with Gasteiger partial charge in [0.1, 0.15) is 11.6 Å². The molecule has 3 N–H and O–H groups in total. The molecular formula is C33H37N3O5. The van der Waals surface area contributed by atoms with Crippen LogP contribution in [0.1, 0.15) is 45.2 Å². The fraction of sp³-hybridized carbons (Fsp3) is 0.424. The van der Waals surface area contributed by atoms with Crippen molar-refractivity contribution in [3.05, 3.63) is 78.4 Å². The average molecular weight is 556 g/mol. The van der Waals surface area contributed by atoms with Crippen LogP contribution in [0.3, 0.4) is 0 Å². The molecule has 3 unspecified atom stereocenters. The molecule has 41 heavy (non-hydrogen) atoms. The monoisotopic (exact) mass is 555 g/mol. The molecule has 2 bridgehead atoms. The molecule has 0 radical (unpaired) electrons. The van der Waals surface area contributed by atoms with Crippen LogP contribution in [-0.2, 0) is 19.1 Å². The molecule has 8 nitrogen and oxygen atoms in total. The number of hydrogen-bond donors (Lipinski definition) is 3. The van der Waals surface area contributed by atoms with Gasteiger partial charge >= 0.3 is 0 Å². The van der Waals surface area contributed by atoms with E-state index in [1.54, 1.807) is 0 Å². The average Bonchev–Trinajstić information content (AvgIpc) is 3.49. The highest BCUT2D eigenvalue weighted by atomic mass is 16.5. The summed E-state index contributed by atoms with van der Waals surface area (Å²) < 4.78 is 6.80. The molecule has 3 aliphatic rings. The van der Waals surface area contributed by atoms with Crippen LogP contribution in [0, 0.1) is 17.8 Å². The van der Waals surface area contributed by atoms with Crippen molar-refractivity contribution in [2.75, 3.05) is 18.5 Å². The predicted molar refractivity (Wildman–Crippen MR) is 156 cm³/mol. The lowest BCUT2D eigenvalue weighted by Crippen LogP contribution is -2.55. The Hall–Kier alpha value is -3.75. The summed E-state index contributed by atoms with van der Waals surface area (Å²) in [5.74, 6) is -2.61. The highest BCUT2D eigenvalue weighted by Crippen LogP contribution is 2.66. The minimum Gasteiger partial charge on any atom is -0.394 e. The molecule has 3 heterocycles. The summed E-state index contributed by atoms with van der Waals surface area (Å²) in [5, 5.41) is 18.7. The van der Waals surface area contributed by atoms with Gasteiger partial charge in [0.2, 0.25) is 17.7 Å². The van der Waals surface area contributed by atoms with Gasteiger partial charge in [-0.3, -0.25) is 14.4 Å². The Balaban J connectivity index is 1.45. The Morgan fingerprint density at radius 1 is 1.05 bits per heavy atom. The van der Waals surface area contributed by atoms with Crippen LogP contribution in [0.25, 0.3) is 10.8 Å². The third-order valence-electron chi connectivity index (χ3n) is 9.54. The molecule has 8 heteroatoms. The van der Waals surface area contributed by atoms with Crippen molar-refractivity contribution in [3.63, 3.8) is 0 Å². The third kappa shape index (κ3) is 4.15. The number of carbonyl (C=O) groups is 3. The van der Waals surface area contributed by atoms with E-state index in [1.807, 2.05) is 93.6 Å². The lowest BCUT2D eigenvalue weighted by molar-refractivity contribution is -0.149. The Morgan fingerprint density at radius 2 is 1.76 bits per heavy atom. The summed E-state index contributed by atoms with van der Waals surface area (Å²) in [6, 6.07) is 21.0. The molecule has 0 aliphatic carbocycles. The lowest BCUT2D eigenvalue weighted by Gasteiger charge is -2.37. The van der Waals surface area contributed by atoms with E-state index < -0.39 is 41.0 Å². The molecule has 3 fully saturated rings. The van der Waals surface area contributed by atoms with Crippen LogP contribution in [0.2, 0.25) is 0 Å². The SMILES string of the molecule is CCCNC(=O)[C@@H]1[C@H]2C(=O)N([C@H](CO)c3ccccc3)C(C(=O)Nc3ccc4ccccc4c3)C23CC(C)[C@@]1(C)O3. The number of fused-ring (bicyclic) bond motifs is 2. The summed E-state index contributed by atoms with van der Waals surface area (Å²) >= 11 is 0. The molecule has 3 aromatic carbocycles. The van der Waals surface area contributed by atoms with Crippen LogP contribution in [-0.4, -0.2) is 58.1 Å². The van der Waals surface area contributed by atoms with Crippen LogP contribution < -0.4 is 10.6 Å². The number of aliphatic hydroxyl groups is 1. The maximum absolute atomic E-state index is 14.5. The number of nitrogens with one attached hydrogen (secondary N) is 2. The zero-order valence-corrected chi connectivity index (χ0v) is 23.7. The van der Waals surface area contributed by atoms with Gasteiger partial charge in [0.15, 0.2) is 0 Å². The van der Waals surface area contributed by atoms with Gasteiger partial charge in [-0.15, -0.1) is 0 Å². The van der Waals surface area contributed by atoms with Gasteiger partial charge in [0.05, 0.1) is 30.1 Å². The van der Waals surface area contributed by atoms with Crippen molar-refractivity contribution in [1.82, 2.24) is 10.2 Å². The van der Waals surface area contributed by atoms with Crippen molar-refractivity contribution in [2.24, 2.45) is 17.8 Å². The Labute approximate surface area is 240 Å². The van der Waals surface area contributed by atoms with E-state index in [2.05, 4.69) is 10.6 Å². The molecule has 7 atom stereocenters. The summed E-state index contributed by atoms with van der Waals surface area (Å²) in [5.41, 5.74) is -0.787. The first kappa shape index (κ1) is 27.4. The normalized spacial score (nSPS) is 30.8. The summed E-state index contributed by atoms with van der Waals surface area (Å²) in [6.45, 7) is 6.02. The summed E-state index contributed by atoms with van der Waals surface area (Å²) in [6.07, 6.45) is 1.22. The molecule has 214 valence electrons. The second kappa shape index (κ2) is 10.3. The lowest BCUT2D eigenvalue weighted by atomic mass is 9.62. The van der Waals surface area contributed by atoms with Gasteiger partial charge in [0, 0.05) is 12.2 Å². The van der Waals surface area contributed by atoms with E-state index in [1.165, 1.54) is 4.90 Å². The van der Waals surface area contributed by atoms with Gasteiger partial charge in [-0.2, -0.15) is 0 Å². The number of benzene rings is 3. The number of anilines is 1. The van der Waals surface area contributed by atoms with Crippen LogP contribution in [0.15, 0.2) is 72.8 Å². The minimum atomic E-state index is -1.21. The van der Waals surface area contributed by atoms with Crippen LogP contribution >= 0.6 is 0 Å². The van der Waals surface area contributed by atoms with Gasteiger partial charge < -0.3 is 25.4 Å². The van der Waals surface area contributed by atoms with E-state index in [9.17, 15) is 19.5 Å². The highest BCUT2D eigenvalue weighted by Gasteiger charge is 2.80. The van der Waals surface area contributed by atoms with Crippen molar-refractivity contribution in [3.8, 4) is 0 Å². The van der Waals surface area contributed by atoms with Crippen molar-refractivity contribution >= 4 is 34.2 Å². The molecule has 3 aromatic rings. The Morgan fingerprint density at radius 3 is 2.46 bits per heavy atom. The summed E-state index contributed by atoms with van der Waals surface area (Å²) in [4.78, 5) is 44.0. The van der Waals surface area contributed by atoms with E-state index in [4.69, 9.17) is 4.74 Å². The quantitative estimate of drug-likeness (QED) is 0.389. The molecule has 3 saturated heterocycles. The van der Waals surface area contributed by atoms with E-state index >= 15 is 0 Å². The van der Waals surface area contributed by atoms with Crippen LogP contribution in [0.4, 0.5) is 5.69 Å². The first-order chi connectivity index (χ1) is 19.7. The second-order valence-electron chi connectivity index (χ2n) is 11.9. The Kier molecular flexibility index (Phi) is 6.86. The molecule has 1 spiro atoms. The number of nitrogens with zero attached hydrogens (tertiary/aromatic N) is 1. The largest absolute Gasteiger partial charge is 0.394 e. The fourth-order valence-electron chi connectivity index (χ4n) is 7.58. The molecule has 0 saturated carbocycles. The topological polar surface area (TPSA) is 108 Å². The van der Waals surface area contributed by atoms with Gasteiger partial charge in [-0.1, -0.05) is 74.5 Å². The predicted octanol–water partition coefficient (Wildman–Crippen LogP) is 4.05. The molecule has 3 amide bonds. The zero-order valence-electron chi connectivity index (χ0n) is 23.7. The first-order valence-electron chi connectivity index (χ1n) is 14.5. The smallest absolute Gasteiger partial charge is 0.250 e.